The van der Waals surface area contributed by atoms with Gasteiger partial charge in [0.25, 0.3) is 0 Å². The van der Waals surface area contributed by atoms with Crippen LogP contribution in [0.4, 0.5) is 10.5 Å². The van der Waals surface area contributed by atoms with E-state index in [-0.39, 0.29) is 18.5 Å². The number of nitrogens with zero attached hydrogens (tertiary/aromatic N) is 2. The molecular weight excluding hydrogens is 458 g/mol. The van der Waals surface area contributed by atoms with Crippen LogP contribution in [0, 0.1) is 0 Å². The molecule has 0 saturated heterocycles. The molecule has 0 fully saturated rings. The van der Waals surface area contributed by atoms with Gasteiger partial charge in [-0.15, -0.1) is 11.3 Å². The first-order valence-electron chi connectivity index (χ1n) is 10.7. The van der Waals surface area contributed by atoms with E-state index < -0.39 is 0 Å². The molecule has 0 aliphatic carbocycles. The number of rotatable bonds is 11. The molecule has 174 valence electrons. The summed E-state index contributed by atoms with van der Waals surface area (Å²) in [4.78, 5) is 30.8. The summed E-state index contributed by atoms with van der Waals surface area (Å²) in [5.41, 5.74) is 1.62. The lowest BCUT2D eigenvalue weighted by atomic mass is 10.2. The Hall–Kier alpha value is -2.87. The highest BCUT2D eigenvalue weighted by Crippen LogP contribution is 2.17. The number of carbonyl (C=O) groups is 2. The van der Waals surface area contributed by atoms with Crippen LogP contribution in [0.5, 0.6) is 0 Å². The zero-order valence-corrected chi connectivity index (χ0v) is 20.1. The maximum atomic E-state index is 13.4. The maximum absolute atomic E-state index is 13.4. The van der Waals surface area contributed by atoms with Crippen molar-refractivity contribution in [2.45, 2.75) is 19.5 Å². The SMILES string of the molecule is COCCCN(CC(=O)N(Cc1ccccc1)Cc1cccs1)C(=O)Nc1cccc(Cl)c1. The highest BCUT2D eigenvalue weighted by atomic mass is 35.5. The van der Waals surface area contributed by atoms with Crippen LogP contribution in [0.2, 0.25) is 5.02 Å². The molecule has 0 aliphatic heterocycles. The Balaban J connectivity index is 1.73. The van der Waals surface area contributed by atoms with E-state index in [1.54, 1.807) is 47.6 Å². The third kappa shape index (κ3) is 8.20. The number of urea groups is 1. The van der Waals surface area contributed by atoms with E-state index in [2.05, 4.69) is 5.32 Å². The predicted octanol–water partition coefficient (Wildman–Crippen LogP) is 5.50. The number of hydrogen-bond donors (Lipinski definition) is 1. The van der Waals surface area contributed by atoms with Crippen LogP contribution in [-0.4, -0.2) is 48.5 Å². The highest BCUT2D eigenvalue weighted by Gasteiger charge is 2.22. The van der Waals surface area contributed by atoms with Gasteiger partial charge in [-0.3, -0.25) is 4.79 Å². The van der Waals surface area contributed by atoms with Crippen molar-refractivity contribution in [2.75, 3.05) is 32.1 Å². The van der Waals surface area contributed by atoms with Gasteiger partial charge in [0.15, 0.2) is 0 Å². The average molecular weight is 486 g/mol. The second-order valence-corrected chi connectivity index (χ2v) is 8.99. The molecule has 0 spiro atoms. The summed E-state index contributed by atoms with van der Waals surface area (Å²) in [5.74, 6) is -0.120. The molecule has 33 heavy (non-hydrogen) atoms. The second-order valence-electron chi connectivity index (χ2n) is 7.52. The molecule has 1 N–H and O–H groups in total. The van der Waals surface area contributed by atoms with Gasteiger partial charge in [0, 0.05) is 42.4 Å². The molecule has 3 amide bonds. The van der Waals surface area contributed by atoms with Gasteiger partial charge in [-0.25, -0.2) is 4.79 Å². The number of hydrogen-bond acceptors (Lipinski definition) is 4. The summed E-state index contributed by atoms with van der Waals surface area (Å²) in [6.45, 7) is 1.82. The molecule has 6 nitrogen and oxygen atoms in total. The Morgan fingerprint density at radius 1 is 1.00 bits per heavy atom. The van der Waals surface area contributed by atoms with E-state index in [9.17, 15) is 9.59 Å². The van der Waals surface area contributed by atoms with Crippen LogP contribution in [0.15, 0.2) is 72.1 Å². The molecule has 0 aliphatic rings. The van der Waals surface area contributed by atoms with Gasteiger partial charge in [-0.2, -0.15) is 0 Å². The van der Waals surface area contributed by atoms with Crippen LogP contribution >= 0.6 is 22.9 Å². The number of benzene rings is 2. The van der Waals surface area contributed by atoms with E-state index in [1.165, 1.54) is 4.90 Å². The minimum absolute atomic E-state index is 0.0334. The van der Waals surface area contributed by atoms with Gasteiger partial charge in [-0.1, -0.05) is 54.1 Å². The first kappa shape index (κ1) is 24.8. The molecule has 1 aromatic heterocycles. The van der Waals surface area contributed by atoms with Gasteiger partial charge in [0.2, 0.25) is 5.91 Å². The monoisotopic (exact) mass is 485 g/mol. The van der Waals surface area contributed by atoms with Crippen molar-refractivity contribution in [1.29, 1.82) is 0 Å². The van der Waals surface area contributed by atoms with Crippen LogP contribution in [0.1, 0.15) is 16.9 Å². The van der Waals surface area contributed by atoms with E-state index in [0.29, 0.717) is 43.4 Å². The molecule has 3 aromatic rings. The van der Waals surface area contributed by atoms with Gasteiger partial charge in [0.05, 0.1) is 6.54 Å². The molecule has 0 atom stereocenters. The number of nitrogens with one attached hydrogen (secondary N) is 1. The number of amides is 3. The Kier molecular flexibility index (Phi) is 9.75. The third-order valence-corrected chi connectivity index (χ3v) is 6.06. The summed E-state index contributed by atoms with van der Waals surface area (Å²) in [5, 5.41) is 5.37. The number of anilines is 1. The van der Waals surface area contributed by atoms with Crippen molar-refractivity contribution in [1.82, 2.24) is 9.80 Å². The Morgan fingerprint density at radius 2 is 1.82 bits per heavy atom. The zero-order valence-electron chi connectivity index (χ0n) is 18.6. The normalized spacial score (nSPS) is 10.6. The lowest BCUT2D eigenvalue weighted by molar-refractivity contribution is -0.133. The second kappa shape index (κ2) is 13.0. The molecule has 0 unspecified atom stereocenters. The maximum Gasteiger partial charge on any atom is 0.322 e. The third-order valence-electron chi connectivity index (χ3n) is 4.96. The first-order chi connectivity index (χ1) is 16.0. The summed E-state index contributed by atoms with van der Waals surface area (Å²) in [6, 6.07) is 20.4. The van der Waals surface area contributed by atoms with E-state index in [1.807, 2.05) is 47.8 Å². The molecule has 0 saturated carbocycles. The fourth-order valence-electron chi connectivity index (χ4n) is 3.31. The number of carbonyl (C=O) groups excluding carboxylic acids is 2. The van der Waals surface area contributed by atoms with E-state index in [0.717, 1.165) is 10.4 Å². The van der Waals surface area contributed by atoms with Crippen LogP contribution in [0.25, 0.3) is 0 Å². The van der Waals surface area contributed by atoms with Crippen molar-refractivity contribution in [3.05, 3.63) is 87.6 Å². The van der Waals surface area contributed by atoms with Gasteiger partial charge in [0.1, 0.15) is 6.54 Å². The lowest BCUT2D eigenvalue weighted by Gasteiger charge is -2.28. The van der Waals surface area contributed by atoms with Crippen molar-refractivity contribution < 1.29 is 14.3 Å². The summed E-state index contributed by atoms with van der Waals surface area (Å²) in [6.07, 6.45) is 0.621. The number of ether oxygens (including phenoxy) is 1. The molecule has 8 heteroatoms. The standard InChI is InChI=1S/C25H28ClN3O3S/c1-32-14-7-13-28(25(31)27-22-11-5-10-21(26)16-22)19-24(30)29(18-23-12-6-15-33-23)17-20-8-3-2-4-9-20/h2-6,8-12,15-16H,7,13-14,17-19H2,1H3,(H,27,31). The molecule has 2 aromatic carbocycles. The lowest BCUT2D eigenvalue weighted by Crippen LogP contribution is -2.44. The Bertz CT molecular complexity index is 1010. The van der Waals surface area contributed by atoms with Crippen LogP contribution in [0.3, 0.4) is 0 Å². The Morgan fingerprint density at radius 3 is 2.52 bits per heavy atom. The van der Waals surface area contributed by atoms with Crippen molar-refractivity contribution in [2.24, 2.45) is 0 Å². The molecular formula is C25H28ClN3O3S. The summed E-state index contributed by atoms with van der Waals surface area (Å²) < 4.78 is 5.14. The van der Waals surface area contributed by atoms with E-state index in [4.69, 9.17) is 16.3 Å². The zero-order chi connectivity index (χ0) is 23.5. The molecule has 0 radical (unpaired) electrons. The van der Waals surface area contributed by atoms with Gasteiger partial charge in [-0.05, 0) is 41.6 Å². The average Bonchev–Trinajstić information content (AvgIpc) is 3.32. The predicted molar refractivity (Wildman–Crippen MR) is 134 cm³/mol. The minimum atomic E-state index is -0.350. The largest absolute Gasteiger partial charge is 0.385 e. The summed E-state index contributed by atoms with van der Waals surface area (Å²) >= 11 is 7.65. The van der Waals surface area contributed by atoms with Crippen molar-refractivity contribution in [3.63, 3.8) is 0 Å². The fourth-order valence-corrected chi connectivity index (χ4v) is 4.22. The van der Waals surface area contributed by atoms with Crippen molar-refractivity contribution >= 4 is 40.6 Å². The molecule has 3 rings (SSSR count). The molecule has 1 heterocycles. The first-order valence-corrected chi connectivity index (χ1v) is 12.0. The summed E-state index contributed by atoms with van der Waals surface area (Å²) in [7, 11) is 1.62. The minimum Gasteiger partial charge on any atom is -0.385 e. The topological polar surface area (TPSA) is 61.9 Å². The Labute approximate surface area is 203 Å². The highest BCUT2D eigenvalue weighted by molar-refractivity contribution is 7.09. The van der Waals surface area contributed by atoms with Gasteiger partial charge < -0.3 is 19.9 Å². The van der Waals surface area contributed by atoms with Crippen LogP contribution < -0.4 is 5.32 Å². The smallest absolute Gasteiger partial charge is 0.322 e. The number of methoxy groups -OCH3 is 1. The fraction of sp³-hybridized carbons (Fsp3) is 0.280. The van der Waals surface area contributed by atoms with Crippen molar-refractivity contribution in [3.8, 4) is 0 Å². The van der Waals surface area contributed by atoms with Crippen LogP contribution in [-0.2, 0) is 22.6 Å². The molecule has 0 bridgehead atoms. The van der Waals surface area contributed by atoms with E-state index >= 15 is 0 Å². The quantitative estimate of drug-likeness (QED) is 0.365. The van der Waals surface area contributed by atoms with Gasteiger partial charge >= 0.3 is 6.03 Å². The number of halogens is 1. The number of thiophene rings is 1.